The van der Waals surface area contributed by atoms with E-state index >= 15 is 0 Å². The standard InChI is InChI=1S/C47H47Cl2N9O7/c1-28-5-10-32(11-6-28)50-43(59)55-40-23-35(12-7-29(40)2)53-46(62)58(37-18-9-31(4)42(25-37)57-45(61)52-34-16-21-39(22-17-34)65-27-49)47(63)54-36-13-8-30(3)41(24-36)56-44(60)51-33-14-19-38(20-15-33)64-26-48/h5-22,24-25,40H,23,26-27H2,1-4H3,(H,53,62)(H,54,63)(H2,50,55,59)(H2,51,56,60)(H2,52,57,61). The highest BCUT2D eigenvalue weighted by atomic mass is 35.5. The molecule has 6 rings (SSSR count). The topological polar surface area (TPSA) is 203 Å². The third kappa shape index (κ3) is 13.4. The van der Waals surface area contributed by atoms with Gasteiger partial charge in [-0.15, -0.1) is 0 Å². The lowest BCUT2D eigenvalue weighted by atomic mass is 9.98. The predicted molar refractivity (Wildman–Crippen MR) is 257 cm³/mol. The molecule has 18 heteroatoms. The van der Waals surface area contributed by atoms with E-state index in [0.29, 0.717) is 56.8 Å². The van der Waals surface area contributed by atoms with Gasteiger partial charge in [-0.05, 0) is 130 Å². The molecule has 0 radical (unpaired) electrons. The number of allylic oxidation sites excluding steroid dienone is 2. The smallest absolute Gasteiger partial charge is 0.334 e. The van der Waals surface area contributed by atoms with Crippen LogP contribution in [0.15, 0.2) is 133 Å². The Hall–Kier alpha value is -7.69. The van der Waals surface area contributed by atoms with Gasteiger partial charge in [-0.2, -0.15) is 0 Å². The fourth-order valence-electron chi connectivity index (χ4n) is 6.40. The SMILES string of the molecule is CC1=CC=C(NC(=O)N(C(=O)Nc2ccc(C)c(NC(=O)Nc3ccc(OCCl)cc3)c2)c2ccc(C)c(NC(=O)Nc3ccc(OCCl)cc3)c2)CC1NC(=O)Nc1ccc(C)cc1. The maximum absolute atomic E-state index is 14.3. The van der Waals surface area contributed by atoms with E-state index in [1.165, 1.54) is 6.07 Å². The fourth-order valence-corrected chi connectivity index (χ4v) is 6.65. The Bertz CT molecular complexity index is 2600. The van der Waals surface area contributed by atoms with Crippen LogP contribution in [0.2, 0.25) is 0 Å². The van der Waals surface area contributed by atoms with Gasteiger partial charge < -0.3 is 52.0 Å². The first-order chi connectivity index (χ1) is 31.3. The molecule has 1 unspecified atom stereocenters. The molecule has 1 aliphatic carbocycles. The van der Waals surface area contributed by atoms with E-state index in [2.05, 4.69) is 42.5 Å². The number of benzene rings is 5. The Morgan fingerprint density at radius 1 is 0.538 bits per heavy atom. The number of imide groups is 1. The lowest BCUT2D eigenvalue weighted by Crippen LogP contribution is -2.47. The highest BCUT2D eigenvalue weighted by Gasteiger charge is 2.28. The summed E-state index contributed by atoms with van der Waals surface area (Å²) in [6.07, 6.45) is 3.67. The molecule has 0 heterocycles. The largest absolute Gasteiger partial charge is 0.478 e. The van der Waals surface area contributed by atoms with Crippen LogP contribution in [0.5, 0.6) is 11.5 Å². The summed E-state index contributed by atoms with van der Waals surface area (Å²) < 4.78 is 10.5. The van der Waals surface area contributed by atoms with Crippen LogP contribution in [-0.4, -0.2) is 48.3 Å². The van der Waals surface area contributed by atoms with E-state index in [4.69, 9.17) is 32.7 Å². The summed E-state index contributed by atoms with van der Waals surface area (Å²) in [6, 6.07) is 26.4. The number of alkyl halides is 2. The maximum atomic E-state index is 14.3. The summed E-state index contributed by atoms with van der Waals surface area (Å²) in [5.74, 6) is 1.06. The second-order valence-electron chi connectivity index (χ2n) is 14.8. The van der Waals surface area contributed by atoms with Crippen LogP contribution in [0.4, 0.5) is 63.8 Å². The summed E-state index contributed by atoms with van der Waals surface area (Å²) in [7, 11) is 0. The molecule has 8 N–H and O–H groups in total. The minimum Gasteiger partial charge on any atom is -0.478 e. The molecule has 0 bridgehead atoms. The molecule has 0 aromatic heterocycles. The average molecular weight is 921 g/mol. The van der Waals surface area contributed by atoms with E-state index in [-0.39, 0.29) is 29.9 Å². The van der Waals surface area contributed by atoms with E-state index in [9.17, 15) is 24.0 Å². The normalized spacial score (nSPS) is 12.9. The van der Waals surface area contributed by atoms with Gasteiger partial charge in [0, 0.05) is 46.2 Å². The van der Waals surface area contributed by atoms with E-state index in [0.717, 1.165) is 16.0 Å². The van der Waals surface area contributed by atoms with Crippen molar-refractivity contribution in [2.75, 3.05) is 48.9 Å². The zero-order valence-electron chi connectivity index (χ0n) is 35.8. The lowest BCUT2D eigenvalue weighted by molar-refractivity contribution is 0.241. The Kier molecular flexibility index (Phi) is 15.9. The van der Waals surface area contributed by atoms with Gasteiger partial charge in [0.25, 0.3) is 0 Å². The Labute approximate surface area is 385 Å². The second kappa shape index (κ2) is 22.1. The summed E-state index contributed by atoms with van der Waals surface area (Å²) in [4.78, 5) is 68.8. The summed E-state index contributed by atoms with van der Waals surface area (Å²) in [5.41, 5.74) is 6.27. The van der Waals surface area contributed by atoms with Crippen LogP contribution in [0.25, 0.3) is 0 Å². The summed E-state index contributed by atoms with van der Waals surface area (Å²) in [6.45, 7) is 7.35. The average Bonchev–Trinajstić information content (AvgIpc) is 3.27. The zero-order valence-corrected chi connectivity index (χ0v) is 37.3. The van der Waals surface area contributed by atoms with Gasteiger partial charge in [0.05, 0.1) is 11.7 Å². The number of carbonyl (C=O) groups excluding carboxylic acids is 5. The number of amides is 10. The first-order valence-corrected chi connectivity index (χ1v) is 21.2. The van der Waals surface area contributed by atoms with E-state index in [1.807, 2.05) is 26.0 Å². The number of urea groups is 5. The lowest BCUT2D eigenvalue weighted by Gasteiger charge is -2.27. The first kappa shape index (κ1) is 46.8. The number of halogens is 2. The van der Waals surface area contributed by atoms with Gasteiger partial charge in [-0.1, -0.05) is 64.7 Å². The molecule has 0 saturated carbocycles. The van der Waals surface area contributed by atoms with Crippen molar-refractivity contribution in [1.82, 2.24) is 10.6 Å². The Balaban J connectivity index is 1.21. The molecule has 0 fully saturated rings. The Morgan fingerprint density at radius 2 is 1.02 bits per heavy atom. The molecule has 0 spiro atoms. The van der Waals surface area contributed by atoms with Crippen LogP contribution in [0.1, 0.15) is 30.0 Å². The number of anilines is 7. The van der Waals surface area contributed by atoms with Crippen LogP contribution in [-0.2, 0) is 0 Å². The number of ether oxygens (including phenoxy) is 2. The summed E-state index contributed by atoms with van der Waals surface area (Å²) >= 11 is 11.3. The molecule has 1 aliphatic rings. The molecule has 10 amide bonds. The molecule has 336 valence electrons. The molecule has 1 atom stereocenters. The summed E-state index contributed by atoms with van der Waals surface area (Å²) in [5, 5.41) is 22.5. The van der Waals surface area contributed by atoms with Crippen molar-refractivity contribution in [3.63, 3.8) is 0 Å². The van der Waals surface area contributed by atoms with Crippen molar-refractivity contribution < 1.29 is 33.4 Å². The monoisotopic (exact) mass is 919 g/mol. The van der Waals surface area contributed by atoms with E-state index < -0.39 is 36.2 Å². The van der Waals surface area contributed by atoms with Gasteiger partial charge in [-0.25, -0.2) is 28.9 Å². The second-order valence-corrected chi connectivity index (χ2v) is 15.2. The molecule has 16 nitrogen and oxygen atoms in total. The number of nitrogens with one attached hydrogen (secondary N) is 8. The molecule has 0 aliphatic heterocycles. The van der Waals surface area contributed by atoms with Gasteiger partial charge in [0.2, 0.25) is 0 Å². The Morgan fingerprint density at radius 3 is 1.57 bits per heavy atom. The highest BCUT2D eigenvalue weighted by Crippen LogP contribution is 2.28. The van der Waals surface area contributed by atoms with Gasteiger partial charge in [0.15, 0.2) is 12.1 Å². The zero-order chi connectivity index (χ0) is 46.5. The van der Waals surface area contributed by atoms with Crippen LogP contribution >= 0.6 is 23.2 Å². The number of hydrogen-bond acceptors (Lipinski definition) is 7. The molecule has 65 heavy (non-hydrogen) atoms. The van der Waals surface area contributed by atoms with Crippen molar-refractivity contribution in [3.05, 3.63) is 149 Å². The third-order valence-corrected chi connectivity index (χ3v) is 10.2. The van der Waals surface area contributed by atoms with Gasteiger partial charge >= 0.3 is 30.2 Å². The predicted octanol–water partition coefficient (Wildman–Crippen LogP) is 11.2. The number of aryl methyl sites for hydroxylation is 3. The number of hydrogen-bond donors (Lipinski definition) is 8. The van der Waals surface area contributed by atoms with Crippen molar-refractivity contribution in [2.45, 2.75) is 40.2 Å². The van der Waals surface area contributed by atoms with E-state index in [1.54, 1.807) is 117 Å². The van der Waals surface area contributed by atoms with Gasteiger partial charge in [-0.3, -0.25) is 0 Å². The molecular formula is C47H47Cl2N9O7. The van der Waals surface area contributed by atoms with Crippen LogP contribution in [0.3, 0.4) is 0 Å². The minimum atomic E-state index is -0.866. The van der Waals surface area contributed by atoms with Crippen molar-refractivity contribution in [3.8, 4) is 11.5 Å². The fraction of sp³-hybridized carbons (Fsp3) is 0.170. The maximum Gasteiger partial charge on any atom is 0.334 e. The molecule has 0 saturated heterocycles. The quantitative estimate of drug-likeness (QED) is 0.0536. The first-order valence-electron chi connectivity index (χ1n) is 20.2. The number of nitrogens with zero attached hydrogens (tertiary/aromatic N) is 1. The van der Waals surface area contributed by atoms with Crippen molar-refractivity contribution in [2.24, 2.45) is 0 Å². The molecule has 5 aromatic carbocycles. The highest BCUT2D eigenvalue weighted by molar-refractivity contribution is 6.19. The minimum absolute atomic E-state index is 0.0161. The van der Waals surface area contributed by atoms with Crippen molar-refractivity contribution >= 4 is 93.2 Å². The van der Waals surface area contributed by atoms with Crippen LogP contribution in [0, 0.1) is 20.8 Å². The van der Waals surface area contributed by atoms with Crippen LogP contribution < -0.4 is 56.9 Å². The van der Waals surface area contributed by atoms with Gasteiger partial charge in [0.1, 0.15) is 11.5 Å². The number of rotatable bonds is 13. The number of carbonyl (C=O) groups is 5. The molecule has 5 aromatic rings. The third-order valence-electron chi connectivity index (χ3n) is 9.94. The molecular weight excluding hydrogens is 873 g/mol. The van der Waals surface area contributed by atoms with Crippen molar-refractivity contribution in [1.29, 1.82) is 0 Å².